The number of piperidine rings is 3. The Morgan fingerprint density at radius 3 is 2.65 bits per heavy atom. The van der Waals surface area contributed by atoms with E-state index >= 15 is 0 Å². The van der Waals surface area contributed by atoms with Gasteiger partial charge in [-0.3, -0.25) is 14.4 Å². The van der Waals surface area contributed by atoms with Crippen molar-refractivity contribution in [3.05, 3.63) is 35.9 Å². The van der Waals surface area contributed by atoms with Gasteiger partial charge in [-0.2, -0.15) is 5.26 Å². The fourth-order valence-corrected chi connectivity index (χ4v) is 5.49. The van der Waals surface area contributed by atoms with Crippen LogP contribution in [0.2, 0.25) is 0 Å². The molecule has 6 atom stereocenters. The van der Waals surface area contributed by atoms with Crippen molar-refractivity contribution in [1.29, 1.82) is 5.26 Å². The van der Waals surface area contributed by atoms with Crippen LogP contribution in [0.25, 0.3) is 0 Å². The Morgan fingerprint density at radius 1 is 1.26 bits per heavy atom. The van der Waals surface area contributed by atoms with Crippen molar-refractivity contribution >= 4 is 17.7 Å². The Bertz CT molecular complexity index is 983. The normalized spacial score (nSPS) is 29.5. The highest BCUT2D eigenvalue weighted by Gasteiger charge is 2.61. The first-order valence-corrected chi connectivity index (χ1v) is 11.6. The zero-order chi connectivity index (χ0) is 24.5. The van der Waals surface area contributed by atoms with Crippen molar-refractivity contribution in [2.45, 2.75) is 68.7 Å². The van der Waals surface area contributed by atoms with Crippen LogP contribution in [0.15, 0.2) is 30.3 Å². The monoisotopic (exact) mass is 474 g/mol. The number of fused-ring (bicyclic) bond motifs is 3. The fourth-order valence-electron chi connectivity index (χ4n) is 5.49. The third kappa shape index (κ3) is 4.62. The minimum Gasteiger partial charge on any atom is -0.378 e. The number of nitrogens with zero attached hydrogens (tertiary/aromatic N) is 2. The lowest BCUT2D eigenvalue weighted by atomic mass is 9.71. The number of alkyl halides is 2. The van der Waals surface area contributed by atoms with Crippen molar-refractivity contribution < 1.29 is 28.3 Å². The van der Waals surface area contributed by atoms with Crippen LogP contribution in [0.3, 0.4) is 0 Å². The second kappa shape index (κ2) is 9.66. The first kappa shape index (κ1) is 24.1. The van der Waals surface area contributed by atoms with E-state index in [1.165, 1.54) is 0 Å². The first-order valence-electron chi connectivity index (χ1n) is 11.6. The van der Waals surface area contributed by atoms with Gasteiger partial charge in [0.15, 0.2) is 6.10 Å². The Kier molecular flexibility index (Phi) is 6.84. The quantitative estimate of drug-likeness (QED) is 0.579. The van der Waals surface area contributed by atoms with Gasteiger partial charge in [0.1, 0.15) is 12.1 Å². The number of halogens is 2. The van der Waals surface area contributed by atoms with Gasteiger partial charge in [-0.15, -0.1) is 0 Å². The molecule has 3 amide bonds. The average molecular weight is 475 g/mol. The second-order valence-corrected chi connectivity index (χ2v) is 9.36. The van der Waals surface area contributed by atoms with Gasteiger partial charge < -0.3 is 20.6 Å². The molecule has 3 heterocycles. The van der Waals surface area contributed by atoms with Gasteiger partial charge in [0.2, 0.25) is 11.8 Å². The molecule has 4 fully saturated rings. The molecule has 1 aliphatic carbocycles. The summed E-state index contributed by atoms with van der Waals surface area (Å²) in [7, 11) is 0. The molecule has 4 aliphatic rings. The number of hydrogen-bond donors (Lipinski definition) is 3. The van der Waals surface area contributed by atoms with Gasteiger partial charge in [-0.05, 0) is 37.7 Å². The molecule has 1 aromatic carbocycles. The molecule has 182 valence electrons. The first-order chi connectivity index (χ1) is 16.2. The molecule has 0 radical (unpaired) electrons. The van der Waals surface area contributed by atoms with Gasteiger partial charge in [0, 0.05) is 24.9 Å². The standard InChI is InChI=1S/C24H28F2N4O4/c25-24(26)12-17-8-9-18(24)19(30(17)23(34)20(31)14-5-2-1-3-6-14)22(33)29-16(13-27)11-15-7-4-10-28-21(15)32/h1-3,5-6,15-20,31H,4,7-12H2,(H,28,32)(H,29,33). The van der Waals surface area contributed by atoms with E-state index in [4.69, 9.17) is 0 Å². The SMILES string of the molecule is N#CC(CC1CCCNC1=O)NC(=O)C1C2CCC(CC2(F)F)N1C(=O)C(O)c1ccccc1. The van der Waals surface area contributed by atoms with E-state index in [0.29, 0.717) is 24.9 Å². The van der Waals surface area contributed by atoms with Crippen LogP contribution < -0.4 is 10.6 Å². The molecule has 10 heteroatoms. The largest absolute Gasteiger partial charge is 0.378 e. The summed E-state index contributed by atoms with van der Waals surface area (Å²) in [6.07, 6.45) is -0.419. The number of aliphatic hydroxyl groups is 1. The molecule has 3 saturated heterocycles. The maximum Gasteiger partial charge on any atom is 0.256 e. The van der Waals surface area contributed by atoms with Gasteiger partial charge in [0.25, 0.3) is 11.8 Å². The topological polar surface area (TPSA) is 123 Å². The molecule has 1 aromatic rings. The van der Waals surface area contributed by atoms with Crippen LogP contribution in [0.5, 0.6) is 0 Å². The highest BCUT2D eigenvalue weighted by molar-refractivity contribution is 5.91. The van der Waals surface area contributed by atoms with E-state index in [9.17, 15) is 33.5 Å². The average Bonchev–Trinajstić information content (AvgIpc) is 2.83. The van der Waals surface area contributed by atoms with Gasteiger partial charge in [-0.1, -0.05) is 30.3 Å². The fraction of sp³-hybridized carbons (Fsp3) is 0.583. The van der Waals surface area contributed by atoms with E-state index in [-0.39, 0.29) is 18.7 Å². The van der Waals surface area contributed by atoms with Gasteiger partial charge in [0.05, 0.1) is 12.0 Å². The molecular weight excluding hydrogens is 446 g/mol. The minimum atomic E-state index is -3.15. The number of nitriles is 1. The van der Waals surface area contributed by atoms with Crippen LogP contribution in [0, 0.1) is 23.2 Å². The Balaban J connectivity index is 1.56. The molecule has 0 spiro atoms. The van der Waals surface area contributed by atoms with Crippen molar-refractivity contribution in [1.82, 2.24) is 15.5 Å². The summed E-state index contributed by atoms with van der Waals surface area (Å²) in [4.78, 5) is 39.7. The minimum absolute atomic E-state index is 0.0587. The molecule has 1 saturated carbocycles. The number of carbonyl (C=O) groups is 3. The van der Waals surface area contributed by atoms with Gasteiger partial charge >= 0.3 is 0 Å². The van der Waals surface area contributed by atoms with Crippen LogP contribution >= 0.6 is 0 Å². The van der Waals surface area contributed by atoms with Crippen LogP contribution in [0.1, 0.15) is 50.2 Å². The maximum atomic E-state index is 14.8. The third-order valence-electron chi connectivity index (χ3n) is 7.20. The Hall–Kier alpha value is -3.06. The number of carbonyl (C=O) groups excluding carboxylic acids is 3. The van der Waals surface area contributed by atoms with Crippen LogP contribution in [-0.4, -0.2) is 58.3 Å². The summed E-state index contributed by atoms with van der Waals surface area (Å²) in [5.41, 5.74) is 0.304. The third-order valence-corrected chi connectivity index (χ3v) is 7.20. The lowest BCUT2D eigenvalue weighted by Crippen LogP contribution is -2.69. The number of aliphatic hydroxyl groups excluding tert-OH is 1. The molecule has 2 bridgehead atoms. The van der Waals surface area contributed by atoms with Gasteiger partial charge in [-0.25, -0.2) is 8.78 Å². The zero-order valence-corrected chi connectivity index (χ0v) is 18.6. The predicted octanol–water partition coefficient (Wildman–Crippen LogP) is 1.66. The van der Waals surface area contributed by atoms with E-state index in [1.807, 2.05) is 6.07 Å². The summed E-state index contributed by atoms with van der Waals surface area (Å²) < 4.78 is 29.6. The highest BCUT2D eigenvalue weighted by atomic mass is 19.3. The number of amides is 3. The van der Waals surface area contributed by atoms with Crippen molar-refractivity contribution in [3.63, 3.8) is 0 Å². The molecule has 34 heavy (non-hydrogen) atoms. The molecule has 8 nitrogen and oxygen atoms in total. The number of rotatable bonds is 6. The summed E-state index contributed by atoms with van der Waals surface area (Å²) in [6.45, 7) is 0.556. The van der Waals surface area contributed by atoms with Crippen LogP contribution in [0.4, 0.5) is 8.78 Å². The summed E-state index contributed by atoms with van der Waals surface area (Å²) in [5, 5.41) is 25.5. The zero-order valence-electron chi connectivity index (χ0n) is 18.6. The Morgan fingerprint density at radius 2 is 2.00 bits per heavy atom. The number of nitrogens with one attached hydrogen (secondary N) is 2. The van der Waals surface area contributed by atoms with Crippen molar-refractivity contribution in [3.8, 4) is 6.07 Å². The van der Waals surface area contributed by atoms with E-state index in [1.54, 1.807) is 30.3 Å². The van der Waals surface area contributed by atoms with E-state index < -0.39 is 60.2 Å². The molecule has 5 rings (SSSR count). The highest BCUT2D eigenvalue weighted by Crippen LogP contribution is 2.49. The molecule has 3 aliphatic heterocycles. The van der Waals surface area contributed by atoms with E-state index in [0.717, 1.165) is 11.3 Å². The summed E-state index contributed by atoms with van der Waals surface area (Å²) in [6, 6.07) is 6.58. The smallest absolute Gasteiger partial charge is 0.256 e. The predicted molar refractivity (Wildman–Crippen MR) is 116 cm³/mol. The molecular formula is C24H28F2N4O4. The Labute approximate surface area is 196 Å². The van der Waals surface area contributed by atoms with E-state index in [2.05, 4.69) is 10.6 Å². The van der Waals surface area contributed by atoms with Crippen LogP contribution in [-0.2, 0) is 14.4 Å². The summed E-state index contributed by atoms with van der Waals surface area (Å²) >= 11 is 0. The lowest BCUT2D eigenvalue weighted by molar-refractivity contribution is -0.198. The molecule has 0 aromatic heterocycles. The second-order valence-electron chi connectivity index (χ2n) is 9.36. The lowest BCUT2D eigenvalue weighted by Gasteiger charge is -2.54. The summed E-state index contributed by atoms with van der Waals surface area (Å²) in [5.74, 6) is -6.89. The van der Waals surface area contributed by atoms with Crippen molar-refractivity contribution in [2.75, 3.05) is 6.54 Å². The number of hydrogen-bond acceptors (Lipinski definition) is 5. The molecule has 3 N–H and O–H groups in total. The molecule has 6 unspecified atom stereocenters. The maximum absolute atomic E-state index is 14.8. The number of benzene rings is 1. The van der Waals surface area contributed by atoms with Crippen molar-refractivity contribution in [2.24, 2.45) is 11.8 Å².